The van der Waals surface area contributed by atoms with Gasteiger partial charge < -0.3 is 10.1 Å². The first-order valence-electron chi connectivity index (χ1n) is 6.23. The van der Waals surface area contributed by atoms with E-state index in [0.717, 1.165) is 28.5 Å². The monoisotopic (exact) mass is 276 g/mol. The highest BCUT2D eigenvalue weighted by molar-refractivity contribution is 8.01. The fourth-order valence-corrected chi connectivity index (χ4v) is 3.56. The zero-order valence-electron chi connectivity index (χ0n) is 11.2. The molecular weight excluding hydrogens is 260 g/mol. The number of amides is 1. The van der Waals surface area contributed by atoms with Gasteiger partial charge in [-0.2, -0.15) is 0 Å². The van der Waals surface area contributed by atoms with Gasteiger partial charge in [0.2, 0.25) is 5.91 Å². The molecule has 1 N–H and O–H groups in total. The number of nitrogens with zero attached hydrogens (tertiary/aromatic N) is 1. The van der Waals surface area contributed by atoms with Crippen LogP contribution in [-0.4, -0.2) is 29.5 Å². The second-order valence-corrected chi connectivity index (χ2v) is 6.63. The first kappa shape index (κ1) is 12.5. The SMILES string of the molecule is COc1ccc2c(c1)SC1C(=O)NC(C)(C)CC1=N2. The van der Waals surface area contributed by atoms with E-state index in [2.05, 4.69) is 10.3 Å². The van der Waals surface area contributed by atoms with Gasteiger partial charge in [-0.05, 0) is 32.0 Å². The van der Waals surface area contributed by atoms with Crippen LogP contribution in [-0.2, 0) is 4.79 Å². The fraction of sp³-hybridized carbons (Fsp3) is 0.429. The lowest BCUT2D eigenvalue weighted by Gasteiger charge is -2.37. The number of hydrogen-bond acceptors (Lipinski definition) is 4. The molecule has 3 rings (SSSR count). The first-order chi connectivity index (χ1) is 8.98. The Balaban J connectivity index is 2.02. The zero-order chi connectivity index (χ0) is 13.6. The molecule has 1 fully saturated rings. The Morgan fingerprint density at radius 3 is 3.00 bits per heavy atom. The largest absolute Gasteiger partial charge is 0.497 e. The van der Waals surface area contributed by atoms with Crippen LogP contribution in [0.3, 0.4) is 0 Å². The number of hydrogen-bond donors (Lipinski definition) is 1. The van der Waals surface area contributed by atoms with Crippen LogP contribution in [0.1, 0.15) is 20.3 Å². The summed E-state index contributed by atoms with van der Waals surface area (Å²) in [6.45, 7) is 4.05. The van der Waals surface area contributed by atoms with Crippen molar-refractivity contribution < 1.29 is 9.53 Å². The number of piperidine rings is 1. The molecule has 2 aliphatic rings. The summed E-state index contributed by atoms with van der Waals surface area (Å²) in [7, 11) is 1.64. The Morgan fingerprint density at radius 2 is 2.26 bits per heavy atom. The number of aliphatic imine (C=N–C) groups is 1. The molecule has 2 heterocycles. The van der Waals surface area contributed by atoms with E-state index < -0.39 is 0 Å². The van der Waals surface area contributed by atoms with Crippen molar-refractivity contribution in [2.45, 2.75) is 36.0 Å². The maximum absolute atomic E-state index is 12.2. The van der Waals surface area contributed by atoms with E-state index in [1.54, 1.807) is 18.9 Å². The van der Waals surface area contributed by atoms with Crippen LogP contribution >= 0.6 is 11.8 Å². The molecule has 0 spiro atoms. The van der Waals surface area contributed by atoms with Crippen molar-refractivity contribution >= 4 is 29.1 Å². The highest BCUT2D eigenvalue weighted by Crippen LogP contribution is 2.42. The minimum atomic E-state index is -0.211. The van der Waals surface area contributed by atoms with E-state index in [1.807, 2.05) is 32.0 Å². The van der Waals surface area contributed by atoms with Crippen molar-refractivity contribution in [1.82, 2.24) is 5.32 Å². The van der Waals surface area contributed by atoms with Gasteiger partial charge in [-0.1, -0.05) is 0 Å². The minimum Gasteiger partial charge on any atom is -0.497 e. The third-order valence-corrected chi connectivity index (χ3v) is 4.60. The number of benzene rings is 1. The molecule has 19 heavy (non-hydrogen) atoms. The molecule has 100 valence electrons. The van der Waals surface area contributed by atoms with Gasteiger partial charge in [0.25, 0.3) is 0 Å². The van der Waals surface area contributed by atoms with Crippen LogP contribution in [0.5, 0.6) is 5.75 Å². The molecule has 1 aromatic carbocycles. The Kier molecular flexibility index (Phi) is 2.82. The summed E-state index contributed by atoms with van der Waals surface area (Å²) in [5.41, 5.74) is 1.69. The van der Waals surface area contributed by atoms with Crippen molar-refractivity contribution in [3.8, 4) is 5.75 Å². The van der Waals surface area contributed by atoms with Gasteiger partial charge in [0, 0.05) is 22.6 Å². The van der Waals surface area contributed by atoms with E-state index >= 15 is 0 Å². The molecule has 0 radical (unpaired) electrons. The summed E-state index contributed by atoms with van der Waals surface area (Å²) < 4.78 is 5.21. The fourth-order valence-electron chi connectivity index (χ4n) is 2.45. The van der Waals surface area contributed by atoms with E-state index in [9.17, 15) is 4.79 Å². The van der Waals surface area contributed by atoms with Crippen molar-refractivity contribution in [2.75, 3.05) is 7.11 Å². The number of fused-ring (bicyclic) bond motifs is 2. The summed E-state index contributed by atoms with van der Waals surface area (Å²) >= 11 is 1.56. The van der Waals surface area contributed by atoms with Gasteiger partial charge in [0.05, 0.1) is 12.8 Å². The molecule has 0 saturated carbocycles. The molecule has 5 heteroatoms. The lowest BCUT2D eigenvalue weighted by molar-refractivity contribution is -0.121. The molecule has 1 amide bonds. The molecule has 1 aromatic rings. The molecule has 4 nitrogen and oxygen atoms in total. The summed E-state index contributed by atoms with van der Waals surface area (Å²) in [5.74, 6) is 0.843. The van der Waals surface area contributed by atoms with Crippen LogP contribution in [0.15, 0.2) is 28.1 Å². The van der Waals surface area contributed by atoms with Gasteiger partial charge in [-0.3, -0.25) is 9.79 Å². The Morgan fingerprint density at radius 1 is 1.47 bits per heavy atom. The average Bonchev–Trinajstić information content (AvgIpc) is 2.35. The lowest BCUT2D eigenvalue weighted by Crippen LogP contribution is -2.56. The number of thioether (sulfide) groups is 1. The maximum Gasteiger partial charge on any atom is 0.239 e. The number of nitrogens with one attached hydrogen (secondary N) is 1. The molecule has 1 unspecified atom stereocenters. The Labute approximate surface area is 116 Å². The number of rotatable bonds is 1. The van der Waals surface area contributed by atoms with Crippen LogP contribution < -0.4 is 10.1 Å². The zero-order valence-corrected chi connectivity index (χ0v) is 12.0. The highest BCUT2D eigenvalue weighted by Gasteiger charge is 2.40. The number of carbonyl (C=O) groups excluding carboxylic acids is 1. The smallest absolute Gasteiger partial charge is 0.239 e. The Bertz CT molecular complexity index is 581. The number of carbonyl (C=O) groups is 1. The average molecular weight is 276 g/mol. The van der Waals surface area contributed by atoms with E-state index in [1.165, 1.54) is 0 Å². The predicted molar refractivity (Wildman–Crippen MR) is 76.6 cm³/mol. The highest BCUT2D eigenvalue weighted by atomic mass is 32.2. The number of methoxy groups -OCH3 is 1. The molecule has 2 aliphatic heterocycles. The van der Waals surface area contributed by atoms with Gasteiger partial charge in [0.1, 0.15) is 11.0 Å². The lowest BCUT2D eigenvalue weighted by atomic mass is 9.90. The van der Waals surface area contributed by atoms with Crippen LogP contribution in [0.25, 0.3) is 0 Å². The molecule has 0 bridgehead atoms. The van der Waals surface area contributed by atoms with E-state index in [-0.39, 0.29) is 16.7 Å². The van der Waals surface area contributed by atoms with Crippen LogP contribution in [0, 0.1) is 0 Å². The van der Waals surface area contributed by atoms with Crippen LogP contribution in [0.4, 0.5) is 5.69 Å². The van der Waals surface area contributed by atoms with E-state index in [0.29, 0.717) is 0 Å². The topological polar surface area (TPSA) is 50.7 Å². The van der Waals surface area contributed by atoms with E-state index in [4.69, 9.17) is 4.74 Å². The molecule has 1 atom stereocenters. The van der Waals surface area contributed by atoms with Crippen LogP contribution in [0.2, 0.25) is 0 Å². The predicted octanol–water partition coefficient (Wildman–Crippen LogP) is 2.54. The molecule has 1 saturated heterocycles. The van der Waals surface area contributed by atoms with Crippen molar-refractivity contribution in [2.24, 2.45) is 4.99 Å². The standard InChI is InChI=1S/C14H16N2O2S/c1-14(2)7-10-12(13(17)16-14)19-11-6-8(18-3)4-5-9(11)15-10/h4-6,12H,7H2,1-3H3,(H,16,17). The first-order valence-corrected chi connectivity index (χ1v) is 7.11. The minimum absolute atomic E-state index is 0.0495. The van der Waals surface area contributed by atoms with Gasteiger partial charge in [0.15, 0.2) is 0 Å². The second-order valence-electron chi connectivity index (χ2n) is 5.48. The summed E-state index contributed by atoms with van der Waals surface area (Å²) in [4.78, 5) is 17.8. The summed E-state index contributed by atoms with van der Waals surface area (Å²) in [6, 6.07) is 5.79. The van der Waals surface area contributed by atoms with Crippen molar-refractivity contribution in [1.29, 1.82) is 0 Å². The van der Waals surface area contributed by atoms with Crippen molar-refractivity contribution in [3.05, 3.63) is 18.2 Å². The molecular formula is C14H16N2O2S. The molecule has 0 aliphatic carbocycles. The number of ether oxygens (including phenoxy) is 1. The Hall–Kier alpha value is -1.49. The normalized spacial score (nSPS) is 23.8. The van der Waals surface area contributed by atoms with Gasteiger partial charge >= 0.3 is 0 Å². The second kappa shape index (κ2) is 4.27. The molecule has 0 aromatic heterocycles. The third-order valence-electron chi connectivity index (χ3n) is 3.30. The van der Waals surface area contributed by atoms with Gasteiger partial charge in [-0.25, -0.2) is 0 Å². The quantitative estimate of drug-likeness (QED) is 0.857. The summed E-state index contributed by atoms with van der Waals surface area (Å²) in [5, 5.41) is 2.84. The maximum atomic E-state index is 12.2. The third kappa shape index (κ3) is 2.23. The van der Waals surface area contributed by atoms with Crippen molar-refractivity contribution in [3.63, 3.8) is 0 Å². The van der Waals surface area contributed by atoms with Gasteiger partial charge in [-0.15, -0.1) is 11.8 Å². The summed E-state index contributed by atoms with van der Waals surface area (Å²) in [6.07, 6.45) is 0.794.